The van der Waals surface area contributed by atoms with Gasteiger partial charge in [-0.05, 0) is 19.8 Å². The molecule has 1 aromatic rings. The van der Waals surface area contributed by atoms with Crippen LogP contribution in [0, 0.1) is 5.92 Å². The van der Waals surface area contributed by atoms with Gasteiger partial charge < -0.3 is 9.47 Å². The molecule has 0 N–H and O–H groups in total. The molecule has 1 heterocycles. The Hall–Kier alpha value is -0.860. The van der Waals surface area contributed by atoms with Crippen LogP contribution >= 0.6 is 0 Å². The maximum absolute atomic E-state index is 6.12. The van der Waals surface area contributed by atoms with Crippen molar-refractivity contribution in [3.8, 4) is 0 Å². The topological polar surface area (TPSA) is 18.5 Å². The molecule has 1 aromatic carbocycles. The molecule has 1 aliphatic heterocycles. The summed E-state index contributed by atoms with van der Waals surface area (Å²) in [7, 11) is 0. The van der Waals surface area contributed by atoms with Crippen molar-refractivity contribution in [1.29, 1.82) is 0 Å². The molecule has 17 heavy (non-hydrogen) atoms. The highest BCUT2D eigenvalue weighted by atomic mass is 16.7. The fourth-order valence-corrected chi connectivity index (χ4v) is 3.09. The van der Waals surface area contributed by atoms with E-state index in [1.807, 2.05) is 18.2 Å². The van der Waals surface area contributed by atoms with Crippen LogP contribution in [0.4, 0.5) is 0 Å². The van der Waals surface area contributed by atoms with E-state index in [9.17, 15) is 0 Å². The molecular weight excluding hydrogens is 212 g/mol. The minimum Gasteiger partial charge on any atom is -0.345 e. The summed E-state index contributed by atoms with van der Waals surface area (Å²) < 4.78 is 12.1. The summed E-state index contributed by atoms with van der Waals surface area (Å²) in [5.74, 6) is 0.601. The van der Waals surface area contributed by atoms with Gasteiger partial charge in [-0.15, -0.1) is 0 Å². The van der Waals surface area contributed by atoms with E-state index >= 15 is 0 Å². The molecular formula is C15H20O2. The van der Waals surface area contributed by atoms with E-state index in [-0.39, 0.29) is 6.29 Å². The fraction of sp³-hybridized carbons (Fsp3) is 0.600. The second-order valence-electron chi connectivity index (χ2n) is 5.21. The van der Waals surface area contributed by atoms with E-state index in [4.69, 9.17) is 9.47 Å². The van der Waals surface area contributed by atoms with Gasteiger partial charge in [-0.3, -0.25) is 0 Å². The highest BCUT2D eigenvalue weighted by molar-refractivity contribution is 5.16. The lowest BCUT2D eigenvalue weighted by molar-refractivity contribution is -0.276. The Morgan fingerprint density at radius 3 is 2.59 bits per heavy atom. The average Bonchev–Trinajstić information content (AvgIpc) is 2.40. The molecule has 1 saturated heterocycles. The Bertz CT molecular complexity index is 362. The highest BCUT2D eigenvalue weighted by Gasteiger charge is 2.38. The molecule has 4 unspecified atom stereocenters. The van der Waals surface area contributed by atoms with Gasteiger partial charge in [0.15, 0.2) is 6.29 Å². The number of ether oxygens (including phenoxy) is 2. The first-order valence-corrected chi connectivity index (χ1v) is 6.70. The van der Waals surface area contributed by atoms with Crippen LogP contribution in [-0.4, -0.2) is 12.2 Å². The molecule has 1 aliphatic carbocycles. The summed E-state index contributed by atoms with van der Waals surface area (Å²) in [5, 5.41) is 0. The SMILES string of the molecule is CC1OC(c2ccccc2)OC2CCCCC12. The Morgan fingerprint density at radius 2 is 1.76 bits per heavy atom. The first-order valence-electron chi connectivity index (χ1n) is 6.70. The third kappa shape index (κ3) is 2.24. The minimum atomic E-state index is -0.162. The molecule has 3 rings (SSSR count). The zero-order chi connectivity index (χ0) is 11.7. The lowest BCUT2D eigenvalue weighted by Crippen LogP contribution is -2.43. The van der Waals surface area contributed by atoms with Crippen LogP contribution in [0.15, 0.2) is 30.3 Å². The molecule has 0 amide bonds. The van der Waals surface area contributed by atoms with Gasteiger partial charge in [-0.1, -0.05) is 43.2 Å². The molecule has 1 saturated carbocycles. The Morgan fingerprint density at radius 1 is 1.00 bits per heavy atom. The summed E-state index contributed by atoms with van der Waals surface area (Å²) in [6, 6.07) is 10.3. The van der Waals surface area contributed by atoms with E-state index < -0.39 is 0 Å². The molecule has 0 bridgehead atoms. The van der Waals surface area contributed by atoms with Crippen molar-refractivity contribution in [2.24, 2.45) is 5.92 Å². The van der Waals surface area contributed by atoms with Crippen molar-refractivity contribution in [1.82, 2.24) is 0 Å². The smallest absolute Gasteiger partial charge is 0.184 e. The number of hydrogen-bond donors (Lipinski definition) is 0. The van der Waals surface area contributed by atoms with Crippen molar-refractivity contribution in [2.45, 2.75) is 51.1 Å². The van der Waals surface area contributed by atoms with Gasteiger partial charge in [0.25, 0.3) is 0 Å². The van der Waals surface area contributed by atoms with Crippen molar-refractivity contribution >= 4 is 0 Å². The zero-order valence-corrected chi connectivity index (χ0v) is 10.3. The van der Waals surface area contributed by atoms with Gasteiger partial charge in [0.2, 0.25) is 0 Å². The molecule has 2 heteroatoms. The summed E-state index contributed by atoms with van der Waals surface area (Å²) in [5.41, 5.74) is 1.14. The van der Waals surface area contributed by atoms with Crippen LogP contribution in [0.3, 0.4) is 0 Å². The number of benzene rings is 1. The van der Waals surface area contributed by atoms with Crippen LogP contribution in [0.2, 0.25) is 0 Å². The Kier molecular flexibility index (Phi) is 3.17. The van der Waals surface area contributed by atoms with Gasteiger partial charge in [0.1, 0.15) is 0 Å². The molecule has 4 atom stereocenters. The second-order valence-corrected chi connectivity index (χ2v) is 5.21. The standard InChI is InChI=1S/C15H20O2/c1-11-13-9-5-6-10-14(13)17-15(16-11)12-7-3-2-4-8-12/h2-4,7-8,11,13-15H,5-6,9-10H2,1H3. The fourth-order valence-electron chi connectivity index (χ4n) is 3.09. The summed E-state index contributed by atoms with van der Waals surface area (Å²) >= 11 is 0. The number of fused-ring (bicyclic) bond motifs is 1. The predicted molar refractivity (Wildman–Crippen MR) is 66.6 cm³/mol. The average molecular weight is 232 g/mol. The highest BCUT2D eigenvalue weighted by Crippen LogP contribution is 2.40. The van der Waals surface area contributed by atoms with Crippen LogP contribution in [0.1, 0.15) is 44.5 Å². The van der Waals surface area contributed by atoms with E-state index in [0.717, 1.165) is 5.56 Å². The molecule has 2 aliphatic rings. The lowest BCUT2D eigenvalue weighted by Gasteiger charge is -2.43. The summed E-state index contributed by atoms with van der Waals surface area (Å²) in [6.45, 7) is 2.20. The third-order valence-corrected chi connectivity index (χ3v) is 4.06. The largest absolute Gasteiger partial charge is 0.345 e. The van der Waals surface area contributed by atoms with E-state index in [1.165, 1.54) is 25.7 Å². The minimum absolute atomic E-state index is 0.162. The molecule has 0 aromatic heterocycles. The van der Waals surface area contributed by atoms with Crippen molar-refractivity contribution in [2.75, 3.05) is 0 Å². The van der Waals surface area contributed by atoms with Gasteiger partial charge in [-0.2, -0.15) is 0 Å². The molecule has 0 spiro atoms. The predicted octanol–water partition coefficient (Wildman–Crippen LogP) is 3.68. The first-order chi connectivity index (χ1) is 8.34. The molecule has 92 valence electrons. The van der Waals surface area contributed by atoms with Gasteiger partial charge >= 0.3 is 0 Å². The maximum Gasteiger partial charge on any atom is 0.184 e. The van der Waals surface area contributed by atoms with E-state index in [0.29, 0.717) is 18.1 Å². The first kappa shape index (κ1) is 11.2. The molecule has 2 nitrogen and oxygen atoms in total. The van der Waals surface area contributed by atoms with Crippen LogP contribution < -0.4 is 0 Å². The summed E-state index contributed by atoms with van der Waals surface area (Å²) in [6.07, 6.45) is 5.64. The second kappa shape index (κ2) is 4.79. The Labute approximate surface area is 103 Å². The van der Waals surface area contributed by atoms with Gasteiger partial charge in [-0.25, -0.2) is 0 Å². The van der Waals surface area contributed by atoms with Crippen molar-refractivity contribution in [3.63, 3.8) is 0 Å². The quantitative estimate of drug-likeness (QED) is 0.735. The lowest BCUT2D eigenvalue weighted by atomic mass is 9.82. The van der Waals surface area contributed by atoms with E-state index in [2.05, 4.69) is 19.1 Å². The van der Waals surface area contributed by atoms with Gasteiger partial charge in [0.05, 0.1) is 12.2 Å². The molecule has 2 fully saturated rings. The van der Waals surface area contributed by atoms with Crippen molar-refractivity contribution in [3.05, 3.63) is 35.9 Å². The maximum atomic E-state index is 6.12. The van der Waals surface area contributed by atoms with Gasteiger partial charge in [0, 0.05) is 11.5 Å². The monoisotopic (exact) mass is 232 g/mol. The molecule has 0 radical (unpaired) electrons. The summed E-state index contributed by atoms with van der Waals surface area (Å²) in [4.78, 5) is 0. The normalized spacial score (nSPS) is 37.5. The zero-order valence-electron chi connectivity index (χ0n) is 10.3. The van der Waals surface area contributed by atoms with Crippen LogP contribution in [0.25, 0.3) is 0 Å². The number of hydrogen-bond acceptors (Lipinski definition) is 2. The van der Waals surface area contributed by atoms with E-state index in [1.54, 1.807) is 0 Å². The Balaban J connectivity index is 1.77. The van der Waals surface area contributed by atoms with Crippen LogP contribution in [-0.2, 0) is 9.47 Å². The number of rotatable bonds is 1. The van der Waals surface area contributed by atoms with Crippen LogP contribution in [0.5, 0.6) is 0 Å². The third-order valence-electron chi connectivity index (χ3n) is 4.06. The van der Waals surface area contributed by atoms with Crippen molar-refractivity contribution < 1.29 is 9.47 Å².